The summed E-state index contributed by atoms with van der Waals surface area (Å²) in [5.41, 5.74) is 2.57. The van der Waals surface area contributed by atoms with Crippen LogP contribution in [0.3, 0.4) is 0 Å². The predicted octanol–water partition coefficient (Wildman–Crippen LogP) is -0.359. The highest BCUT2D eigenvalue weighted by molar-refractivity contribution is 5.97. The molecule has 5 atom stereocenters. The molecular formula is C15H20N2O5. The predicted molar refractivity (Wildman–Crippen MR) is 78.5 cm³/mol. The Balaban J connectivity index is 1.95. The molecule has 120 valence electrons. The molecule has 1 aromatic rings. The first-order valence-corrected chi connectivity index (χ1v) is 7.24. The van der Waals surface area contributed by atoms with Crippen molar-refractivity contribution in [2.24, 2.45) is 0 Å². The average Bonchev–Trinajstić information content (AvgIpc) is 2.96. The number of aliphatic hydroxyl groups excluding tert-OH is 3. The molecule has 0 spiro atoms. The standard InChI is InChI=1S/C15H20N2O5/c1-7-4-3-5-8(2)11(7)17-14-10(16-15(17)21)12(20)13(22-14)9(19)6-18/h3-5,9-10,12-14,18-20H,6H2,1-2H3,(H,16,21)/t9-,10-,12-,13-,14+/m1/s1. The van der Waals surface area contributed by atoms with Crippen molar-refractivity contribution < 1.29 is 24.9 Å². The quantitative estimate of drug-likeness (QED) is 0.611. The van der Waals surface area contributed by atoms with Crippen LogP contribution in [0.25, 0.3) is 0 Å². The maximum Gasteiger partial charge on any atom is 0.324 e. The van der Waals surface area contributed by atoms with Crippen molar-refractivity contribution in [1.29, 1.82) is 0 Å². The van der Waals surface area contributed by atoms with Gasteiger partial charge >= 0.3 is 6.03 Å². The van der Waals surface area contributed by atoms with Gasteiger partial charge in [-0.15, -0.1) is 0 Å². The summed E-state index contributed by atoms with van der Waals surface area (Å²) < 4.78 is 5.68. The number of aliphatic hydroxyl groups is 3. The Morgan fingerprint density at radius 3 is 2.59 bits per heavy atom. The number of aryl methyl sites for hydroxylation is 2. The molecular weight excluding hydrogens is 288 g/mol. The number of carbonyl (C=O) groups is 1. The van der Waals surface area contributed by atoms with Crippen molar-refractivity contribution in [2.45, 2.75) is 44.4 Å². The first-order chi connectivity index (χ1) is 10.5. The lowest BCUT2D eigenvalue weighted by atomic mass is 10.0. The van der Waals surface area contributed by atoms with Crippen molar-refractivity contribution in [3.05, 3.63) is 29.3 Å². The number of hydrogen-bond acceptors (Lipinski definition) is 5. The van der Waals surface area contributed by atoms with E-state index in [2.05, 4.69) is 5.32 Å². The van der Waals surface area contributed by atoms with E-state index in [9.17, 15) is 15.0 Å². The lowest BCUT2D eigenvalue weighted by Crippen LogP contribution is -2.45. The number of carbonyl (C=O) groups excluding carboxylic acids is 1. The van der Waals surface area contributed by atoms with Crippen molar-refractivity contribution in [3.8, 4) is 0 Å². The Morgan fingerprint density at radius 1 is 1.36 bits per heavy atom. The number of hydrogen-bond donors (Lipinski definition) is 4. The number of rotatable bonds is 3. The number of nitrogens with one attached hydrogen (secondary N) is 1. The fraction of sp³-hybridized carbons (Fsp3) is 0.533. The third-order valence-corrected chi connectivity index (χ3v) is 4.32. The molecule has 0 radical (unpaired) electrons. The van der Waals surface area contributed by atoms with Gasteiger partial charge in [0, 0.05) is 0 Å². The number of urea groups is 1. The van der Waals surface area contributed by atoms with Gasteiger partial charge in [0.1, 0.15) is 24.4 Å². The summed E-state index contributed by atoms with van der Waals surface area (Å²) in [6.45, 7) is 3.28. The zero-order valence-corrected chi connectivity index (χ0v) is 12.4. The molecule has 7 nitrogen and oxygen atoms in total. The molecule has 2 fully saturated rings. The van der Waals surface area contributed by atoms with E-state index in [0.717, 1.165) is 16.8 Å². The molecule has 2 aliphatic rings. The average molecular weight is 308 g/mol. The molecule has 0 aromatic heterocycles. The minimum Gasteiger partial charge on any atom is -0.394 e. The van der Waals surface area contributed by atoms with E-state index in [0.29, 0.717) is 0 Å². The maximum absolute atomic E-state index is 12.3. The van der Waals surface area contributed by atoms with Crippen LogP contribution in [0.2, 0.25) is 0 Å². The molecule has 2 amide bonds. The van der Waals surface area contributed by atoms with Crippen LogP contribution in [-0.4, -0.2) is 58.5 Å². The first-order valence-electron chi connectivity index (χ1n) is 7.24. The van der Waals surface area contributed by atoms with E-state index in [-0.39, 0.29) is 6.03 Å². The Bertz CT molecular complexity index is 573. The van der Waals surface area contributed by atoms with Crippen LogP contribution in [0.5, 0.6) is 0 Å². The normalized spacial score (nSPS) is 32.0. The largest absolute Gasteiger partial charge is 0.394 e. The highest BCUT2D eigenvalue weighted by Gasteiger charge is 2.55. The van der Waals surface area contributed by atoms with Crippen molar-refractivity contribution >= 4 is 11.7 Å². The lowest BCUT2D eigenvalue weighted by Gasteiger charge is -2.27. The van der Waals surface area contributed by atoms with Crippen LogP contribution in [0.15, 0.2) is 18.2 Å². The fourth-order valence-corrected chi connectivity index (χ4v) is 3.24. The van der Waals surface area contributed by atoms with Gasteiger partial charge in [-0.2, -0.15) is 0 Å². The second-order valence-electron chi connectivity index (χ2n) is 5.82. The topological polar surface area (TPSA) is 102 Å². The Labute approximate surface area is 128 Å². The monoisotopic (exact) mass is 308 g/mol. The van der Waals surface area contributed by atoms with Gasteiger partial charge in [-0.1, -0.05) is 18.2 Å². The van der Waals surface area contributed by atoms with Gasteiger partial charge in [0.2, 0.25) is 0 Å². The summed E-state index contributed by atoms with van der Waals surface area (Å²) in [5, 5.41) is 31.7. The minimum atomic E-state index is -1.20. The number of fused-ring (bicyclic) bond motifs is 1. The summed E-state index contributed by atoms with van der Waals surface area (Å²) in [6.07, 6.45) is -3.93. The van der Waals surface area contributed by atoms with Crippen LogP contribution in [0.1, 0.15) is 11.1 Å². The minimum absolute atomic E-state index is 0.344. The summed E-state index contributed by atoms with van der Waals surface area (Å²) in [7, 11) is 0. The number of nitrogens with zero attached hydrogens (tertiary/aromatic N) is 1. The summed E-state index contributed by atoms with van der Waals surface area (Å²) >= 11 is 0. The maximum atomic E-state index is 12.3. The van der Waals surface area contributed by atoms with Gasteiger partial charge in [0.25, 0.3) is 0 Å². The molecule has 2 aliphatic heterocycles. The number of benzene rings is 1. The molecule has 2 saturated heterocycles. The molecule has 4 N–H and O–H groups in total. The van der Waals surface area contributed by atoms with E-state index in [1.165, 1.54) is 4.90 Å². The fourth-order valence-electron chi connectivity index (χ4n) is 3.24. The molecule has 1 aromatic carbocycles. The molecule has 3 rings (SSSR count). The molecule has 0 bridgehead atoms. The van der Waals surface area contributed by atoms with Gasteiger partial charge in [-0.25, -0.2) is 4.79 Å². The van der Waals surface area contributed by atoms with Gasteiger partial charge in [0.05, 0.1) is 12.3 Å². The zero-order valence-electron chi connectivity index (χ0n) is 12.4. The van der Waals surface area contributed by atoms with Gasteiger partial charge in [0.15, 0.2) is 6.23 Å². The number of para-hydroxylation sites is 1. The van der Waals surface area contributed by atoms with Gasteiger partial charge in [-0.3, -0.25) is 4.90 Å². The first kappa shape index (κ1) is 15.2. The summed E-state index contributed by atoms with van der Waals surface area (Å²) in [4.78, 5) is 13.8. The third kappa shape index (κ3) is 2.17. The molecule has 0 aliphatic carbocycles. The van der Waals surface area contributed by atoms with Crippen LogP contribution in [0, 0.1) is 13.8 Å². The second kappa shape index (κ2) is 5.51. The zero-order chi connectivity index (χ0) is 16.0. The third-order valence-electron chi connectivity index (χ3n) is 4.32. The summed E-state index contributed by atoms with van der Waals surface area (Å²) in [6, 6.07) is 4.71. The highest BCUT2D eigenvalue weighted by atomic mass is 16.6. The van der Waals surface area contributed by atoms with Crippen LogP contribution < -0.4 is 10.2 Å². The molecule has 7 heteroatoms. The highest BCUT2D eigenvalue weighted by Crippen LogP contribution is 2.36. The Hall–Kier alpha value is -1.67. The Kier molecular flexibility index (Phi) is 3.82. The van der Waals surface area contributed by atoms with Gasteiger partial charge < -0.3 is 25.4 Å². The van der Waals surface area contributed by atoms with E-state index in [1.54, 1.807) is 0 Å². The van der Waals surface area contributed by atoms with E-state index < -0.39 is 37.2 Å². The van der Waals surface area contributed by atoms with Crippen molar-refractivity contribution in [3.63, 3.8) is 0 Å². The molecule has 22 heavy (non-hydrogen) atoms. The molecule has 0 saturated carbocycles. The molecule has 0 unspecified atom stereocenters. The van der Waals surface area contributed by atoms with Crippen LogP contribution in [0.4, 0.5) is 10.5 Å². The number of anilines is 1. The van der Waals surface area contributed by atoms with Crippen LogP contribution in [-0.2, 0) is 4.74 Å². The smallest absolute Gasteiger partial charge is 0.324 e. The SMILES string of the molecule is Cc1cccc(C)c1N1C(=O)N[C@@H]2[C@@H](O)[C@@H]([C@H](O)CO)O[C@@H]21. The molecule has 2 heterocycles. The number of amides is 2. The van der Waals surface area contributed by atoms with E-state index in [1.807, 2.05) is 32.0 Å². The Morgan fingerprint density at radius 2 is 2.00 bits per heavy atom. The van der Waals surface area contributed by atoms with Crippen molar-refractivity contribution in [2.75, 3.05) is 11.5 Å². The van der Waals surface area contributed by atoms with E-state index >= 15 is 0 Å². The van der Waals surface area contributed by atoms with Crippen molar-refractivity contribution in [1.82, 2.24) is 5.32 Å². The second-order valence-corrected chi connectivity index (χ2v) is 5.82. The summed E-state index contributed by atoms with van der Waals surface area (Å²) in [5.74, 6) is 0. The number of ether oxygens (including phenoxy) is 1. The van der Waals surface area contributed by atoms with Crippen LogP contribution >= 0.6 is 0 Å². The van der Waals surface area contributed by atoms with Gasteiger partial charge in [-0.05, 0) is 25.0 Å². The lowest BCUT2D eigenvalue weighted by molar-refractivity contribution is -0.0804. The van der Waals surface area contributed by atoms with E-state index in [4.69, 9.17) is 9.84 Å².